The summed E-state index contributed by atoms with van der Waals surface area (Å²) in [6.07, 6.45) is 8.74. The number of ether oxygens (including phenoxy) is 1. The lowest BCUT2D eigenvalue weighted by Gasteiger charge is -2.38. The number of aromatic nitrogens is 1. The highest BCUT2D eigenvalue weighted by Crippen LogP contribution is 2.40. The Bertz CT molecular complexity index is 1350. The third-order valence-electron chi connectivity index (χ3n) is 8.50. The highest BCUT2D eigenvalue weighted by atomic mass is 16.5. The maximum absolute atomic E-state index is 12.3. The van der Waals surface area contributed by atoms with Gasteiger partial charge in [0.25, 0.3) is 0 Å². The zero-order valence-corrected chi connectivity index (χ0v) is 22.6. The topological polar surface area (TPSA) is 105 Å². The number of nitriles is 1. The quantitative estimate of drug-likeness (QED) is 0.441. The number of amides is 1. The van der Waals surface area contributed by atoms with Crippen LogP contribution in [0.5, 0.6) is 0 Å². The smallest absolute Gasteiger partial charge is 0.219 e. The Labute approximate surface area is 230 Å². The lowest BCUT2D eigenvalue weighted by molar-refractivity contribution is -0.128. The Kier molecular flexibility index (Phi) is 7.09. The second-order valence-electron chi connectivity index (χ2n) is 11.2. The number of fused-ring (bicyclic) bond motifs is 1. The van der Waals surface area contributed by atoms with Gasteiger partial charge >= 0.3 is 0 Å². The molecule has 0 unspecified atom stereocenters. The van der Waals surface area contributed by atoms with Crippen LogP contribution in [0.15, 0.2) is 41.7 Å². The number of nitrogens with one attached hydrogen (secondary N) is 2. The zero-order chi connectivity index (χ0) is 26.9. The van der Waals surface area contributed by atoms with Crippen molar-refractivity contribution in [2.24, 2.45) is 0 Å². The van der Waals surface area contributed by atoms with Gasteiger partial charge in [-0.05, 0) is 62.3 Å². The maximum atomic E-state index is 12.3. The molecule has 1 saturated carbocycles. The third-order valence-corrected chi connectivity index (χ3v) is 8.50. The van der Waals surface area contributed by atoms with Crippen molar-refractivity contribution < 1.29 is 9.53 Å². The molecule has 2 N–H and O–H groups in total. The van der Waals surface area contributed by atoms with E-state index < -0.39 is 0 Å². The van der Waals surface area contributed by atoms with Crippen LogP contribution in [0.3, 0.4) is 0 Å². The molecule has 1 amide bonds. The average Bonchev–Trinajstić information content (AvgIpc) is 3.82. The summed E-state index contributed by atoms with van der Waals surface area (Å²) < 4.78 is 5.54. The van der Waals surface area contributed by atoms with Crippen LogP contribution in [-0.4, -0.2) is 60.5 Å². The van der Waals surface area contributed by atoms with Crippen molar-refractivity contribution in [2.45, 2.75) is 63.8 Å². The summed E-state index contributed by atoms with van der Waals surface area (Å²) in [6, 6.07) is 11.0. The Hall–Kier alpha value is -3.70. The number of benzene rings is 1. The second kappa shape index (κ2) is 10.8. The summed E-state index contributed by atoms with van der Waals surface area (Å²) in [7, 11) is 0. The molecule has 1 aromatic heterocycles. The van der Waals surface area contributed by atoms with Crippen LogP contribution in [0.4, 0.5) is 5.69 Å². The number of hydrogen-bond acceptors (Lipinski definition) is 6. The van der Waals surface area contributed by atoms with Gasteiger partial charge in [0, 0.05) is 91.6 Å². The first-order chi connectivity index (χ1) is 19.0. The van der Waals surface area contributed by atoms with Crippen molar-refractivity contribution in [1.29, 1.82) is 10.7 Å². The van der Waals surface area contributed by atoms with Gasteiger partial charge in [-0.2, -0.15) is 5.26 Å². The van der Waals surface area contributed by atoms with Crippen molar-refractivity contribution in [1.82, 2.24) is 15.2 Å². The third kappa shape index (κ3) is 5.28. The molecule has 4 heterocycles. The van der Waals surface area contributed by atoms with Crippen LogP contribution in [0.2, 0.25) is 0 Å². The molecule has 3 aliphatic heterocycles. The molecule has 2 fully saturated rings. The molecule has 0 spiro atoms. The lowest BCUT2D eigenvalue weighted by atomic mass is 9.92. The molecule has 202 valence electrons. The molecule has 39 heavy (non-hydrogen) atoms. The first kappa shape index (κ1) is 25.6. The molecular formula is C31H36N6O2. The minimum atomic E-state index is 0.0298. The molecule has 0 atom stereocenters. The molecule has 6 rings (SSSR count). The summed E-state index contributed by atoms with van der Waals surface area (Å²) in [6.45, 7) is 4.88. The van der Waals surface area contributed by atoms with Gasteiger partial charge in [0.05, 0.1) is 18.2 Å². The Morgan fingerprint density at radius 2 is 1.97 bits per heavy atom. The molecule has 0 radical (unpaired) electrons. The zero-order valence-electron chi connectivity index (χ0n) is 22.6. The number of hydrogen-bond donors (Lipinski definition) is 2. The number of carbonyl (C=O) groups is 1. The molecule has 4 aliphatic rings. The van der Waals surface area contributed by atoms with Crippen molar-refractivity contribution >= 4 is 17.4 Å². The predicted molar refractivity (Wildman–Crippen MR) is 151 cm³/mol. The number of aryl methyl sites for hydroxylation is 1. The van der Waals surface area contributed by atoms with E-state index in [9.17, 15) is 15.5 Å². The van der Waals surface area contributed by atoms with Gasteiger partial charge in [-0.15, -0.1) is 0 Å². The largest absolute Gasteiger partial charge is 0.385 e. The minimum Gasteiger partial charge on any atom is -0.385 e. The molecular weight excluding hydrogens is 488 g/mol. The molecule has 8 heteroatoms. The number of nitrogens with zero attached hydrogens (tertiary/aromatic N) is 4. The summed E-state index contributed by atoms with van der Waals surface area (Å²) in [4.78, 5) is 20.8. The van der Waals surface area contributed by atoms with Gasteiger partial charge < -0.3 is 19.9 Å². The summed E-state index contributed by atoms with van der Waals surface area (Å²) >= 11 is 0. The Balaban J connectivity index is 1.33. The lowest BCUT2D eigenvalue weighted by Crippen LogP contribution is -2.46. The molecule has 1 saturated heterocycles. The van der Waals surface area contributed by atoms with E-state index in [4.69, 9.17) is 4.74 Å². The van der Waals surface area contributed by atoms with E-state index in [-0.39, 0.29) is 5.91 Å². The van der Waals surface area contributed by atoms with Gasteiger partial charge in [-0.25, -0.2) is 0 Å². The molecule has 1 aliphatic carbocycles. The van der Waals surface area contributed by atoms with Crippen LogP contribution in [-0.2, 0) is 16.0 Å². The maximum Gasteiger partial charge on any atom is 0.219 e. The van der Waals surface area contributed by atoms with Gasteiger partial charge in [0.15, 0.2) is 0 Å². The minimum absolute atomic E-state index is 0.0298. The van der Waals surface area contributed by atoms with Crippen LogP contribution in [0.1, 0.15) is 68.2 Å². The molecule has 0 bridgehead atoms. The molecule has 1 aromatic carbocycles. The number of rotatable bonds is 5. The van der Waals surface area contributed by atoms with E-state index in [0.717, 1.165) is 78.2 Å². The van der Waals surface area contributed by atoms with Crippen LogP contribution < -0.4 is 10.2 Å². The molecule has 8 nitrogen and oxygen atoms in total. The fourth-order valence-electron chi connectivity index (χ4n) is 6.04. The van der Waals surface area contributed by atoms with E-state index in [2.05, 4.69) is 34.6 Å². The van der Waals surface area contributed by atoms with Crippen molar-refractivity contribution in [3.8, 4) is 17.2 Å². The summed E-state index contributed by atoms with van der Waals surface area (Å²) in [5.41, 5.74) is 7.60. The van der Waals surface area contributed by atoms with E-state index in [1.165, 1.54) is 12.8 Å². The predicted octanol–water partition coefficient (Wildman–Crippen LogP) is 4.50. The van der Waals surface area contributed by atoms with Gasteiger partial charge in [-0.1, -0.05) is 6.07 Å². The monoisotopic (exact) mass is 524 g/mol. The fraction of sp³-hybridized carbons (Fsp3) is 0.484. The Morgan fingerprint density at radius 1 is 1.15 bits per heavy atom. The van der Waals surface area contributed by atoms with Gasteiger partial charge in [-0.3, -0.25) is 15.2 Å². The van der Waals surface area contributed by atoms with Crippen molar-refractivity contribution in [2.75, 3.05) is 37.7 Å². The first-order valence-corrected chi connectivity index (χ1v) is 14.2. The summed E-state index contributed by atoms with van der Waals surface area (Å²) in [5.74, 6) is 1.04. The van der Waals surface area contributed by atoms with E-state index in [1.807, 2.05) is 22.1 Å². The average molecular weight is 525 g/mol. The first-order valence-electron chi connectivity index (χ1n) is 14.2. The van der Waals surface area contributed by atoms with Gasteiger partial charge in [0.1, 0.15) is 5.84 Å². The number of amidine groups is 1. The van der Waals surface area contributed by atoms with Gasteiger partial charge in [0.2, 0.25) is 5.91 Å². The SMILES string of the molecule is CC(=O)N1CCC(NC2CCOCC2)=C(C(=N)N2CCCc3cc(-c4ccc(C5CC5)nc4)c(C#N)cc32)C1. The number of pyridine rings is 1. The fourth-order valence-corrected chi connectivity index (χ4v) is 6.04. The van der Waals surface area contributed by atoms with Crippen LogP contribution in [0, 0.1) is 16.7 Å². The highest BCUT2D eigenvalue weighted by Gasteiger charge is 2.31. The number of carbonyl (C=O) groups excluding carboxylic acids is 1. The normalized spacial score (nSPS) is 19.9. The standard InChI is InChI=1S/C31H36N6O2/c1-20(38)36-12-8-29(35-25-9-13-39-14-10-25)27(19-36)31(33)37-11-2-3-22-15-26(24(17-32)16-30(22)37)23-6-7-28(34-18-23)21-4-5-21/h6-7,15-16,18,21,25,33,35H,2-5,8-14,19H2,1H3. The Morgan fingerprint density at radius 3 is 2.67 bits per heavy atom. The van der Waals surface area contributed by atoms with E-state index in [1.54, 1.807) is 6.92 Å². The van der Waals surface area contributed by atoms with Crippen LogP contribution >= 0.6 is 0 Å². The second-order valence-corrected chi connectivity index (χ2v) is 11.2. The number of anilines is 1. The van der Waals surface area contributed by atoms with Crippen molar-refractivity contribution in [3.63, 3.8) is 0 Å². The summed E-state index contributed by atoms with van der Waals surface area (Å²) in [5, 5.41) is 23.2. The van der Waals surface area contributed by atoms with E-state index >= 15 is 0 Å². The van der Waals surface area contributed by atoms with Crippen molar-refractivity contribution in [3.05, 3.63) is 58.6 Å². The van der Waals surface area contributed by atoms with Crippen LogP contribution in [0.25, 0.3) is 11.1 Å². The molecule has 2 aromatic rings. The van der Waals surface area contributed by atoms with E-state index in [0.29, 0.717) is 49.4 Å². The highest BCUT2D eigenvalue weighted by molar-refractivity contribution is 6.09.